The molecule has 2 heterocycles. The summed E-state index contributed by atoms with van der Waals surface area (Å²) in [4.78, 5) is 0. The Labute approximate surface area is 101 Å². The van der Waals surface area contributed by atoms with Crippen molar-refractivity contribution in [3.05, 3.63) is 35.4 Å². The Balaban J connectivity index is 2.39. The van der Waals surface area contributed by atoms with Crippen molar-refractivity contribution in [2.45, 2.75) is 32.9 Å². The average Bonchev–Trinajstić information content (AvgIpc) is 2.93. The van der Waals surface area contributed by atoms with Crippen molar-refractivity contribution >= 4 is 0 Å². The lowest BCUT2D eigenvalue weighted by molar-refractivity contribution is 0.575. The van der Waals surface area contributed by atoms with Crippen molar-refractivity contribution in [3.63, 3.8) is 0 Å². The SMILES string of the molecule is CCc1cc(C(N)c2ccnn2C)n(CC)n1. The van der Waals surface area contributed by atoms with Crippen LogP contribution >= 0.6 is 0 Å². The smallest absolute Gasteiger partial charge is 0.0893 e. The number of nitrogens with two attached hydrogens (primary N) is 1. The molecule has 1 unspecified atom stereocenters. The van der Waals surface area contributed by atoms with Gasteiger partial charge in [0, 0.05) is 19.8 Å². The van der Waals surface area contributed by atoms with Gasteiger partial charge in [0.1, 0.15) is 0 Å². The number of hydrogen-bond donors (Lipinski definition) is 1. The van der Waals surface area contributed by atoms with Crippen LogP contribution in [-0.4, -0.2) is 19.6 Å². The first-order chi connectivity index (χ1) is 8.17. The molecule has 5 nitrogen and oxygen atoms in total. The van der Waals surface area contributed by atoms with Crippen molar-refractivity contribution in [1.29, 1.82) is 0 Å². The third-order valence-electron chi connectivity index (χ3n) is 3.02. The van der Waals surface area contributed by atoms with Crippen LogP contribution in [0.1, 0.15) is 37.0 Å². The molecule has 0 aliphatic rings. The van der Waals surface area contributed by atoms with Crippen LogP contribution in [0.3, 0.4) is 0 Å². The summed E-state index contributed by atoms with van der Waals surface area (Å²) in [5.74, 6) is 0. The standard InChI is InChI=1S/C12H19N5/c1-4-9-8-11(17(5-2)15-9)12(13)10-6-7-14-16(10)3/h6-8,12H,4-5,13H2,1-3H3. The van der Waals surface area contributed by atoms with Gasteiger partial charge in [0.05, 0.1) is 23.1 Å². The Kier molecular flexibility index (Phi) is 3.28. The second-order valence-corrected chi connectivity index (χ2v) is 4.09. The first kappa shape index (κ1) is 11.9. The van der Waals surface area contributed by atoms with E-state index in [0.29, 0.717) is 0 Å². The highest BCUT2D eigenvalue weighted by molar-refractivity contribution is 5.23. The normalized spacial score (nSPS) is 12.9. The zero-order chi connectivity index (χ0) is 12.4. The van der Waals surface area contributed by atoms with Crippen LogP contribution in [0.2, 0.25) is 0 Å². The van der Waals surface area contributed by atoms with Crippen molar-refractivity contribution in [2.24, 2.45) is 12.8 Å². The minimum atomic E-state index is -0.171. The van der Waals surface area contributed by atoms with E-state index in [-0.39, 0.29) is 6.04 Å². The number of aryl methyl sites for hydroxylation is 3. The largest absolute Gasteiger partial charge is 0.318 e. The molecular weight excluding hydrogens is 214 g/mol. The number of nitrogens with zero attached hydrogens (tertiary/aromatic N) is 4. The first-order valence-corrected chi connectivity index (χ1v) is 5.97. The van der Waals surface area contributed by atoms with Crippen LogP contribution in [0.25, 0.3) is 0 Å². The average molecular weight is 233 g/mol. The van der Waals surface area contributed by atoms with Gasteiger partial charge in [0.25, 0.3) is 0 Å². The lowest BCUT2D eigenvalue weighted by Crippen LogP contribution is -2.19. The van der Waals surface area contributed by atoms with E-state index >= 15 is 0 Å². The zero-order valence-corrected chi connectivity index (χ0v) is 10.6. The topological polar surface area (TPSA) is 61.7 Å². The zero-order valence-electron chi connectivity index (χ0n) is 10.6. The second kappa shape index (κ2) is 4.71. The Morgan fingerprint density at radius 2 is 2.12 bits per heavy atom. The van der Waals surface area contributed by atoms with Gasteiger partial charge < -0.3 is 5.73 Å². The van der Waals surface area contributed by atoms with Crippen molar-refractivity contribution in [3.8, 4) is 0 Å². The molecule has 2 N–H and O–H groups in total. The fourth-order valence-electron chi connectivity index (χ4n) is 2.00. The van der Waals surface area contributed by atoms with Crippen LogP contribution in [-0.2, 0) is 20.0 Å². The van der Waals surface area contributed by atoms with E-state index in [2.05, 4.69) is 30.1 Å². The maximum Gasteiger partial charge on any atom is 0.0893 e. The van der Waals surface area contributed by atoms with Gasteiger partial charge in [-0.2, -0.15) is 10.2 Å². The molecule has 2 aromatic heterocycles. The third kappa shape index (κ3) is 2.10. The van der Waals surface area contributed by atoms with E-state index in [0.717, 1.165) is 30.0 Å². The Bertz CT molecular complexity index is 497. The molecule has 2 rings (SSSR count). The monoisotopic (exact) mass is 233 g/mol. The fourth-order valence-corrected chi connectivity index (χ4v) is 2.00. The summed E-state index contributed by atoms with van der Waals surface area (Å²) in [6, 6.07) is 3.86. The summed E-state index contributed by atoms with van der Waals surface area (Å²) in [5.41, 5.74) is 9.42. The second-order valence-electron chi connectivity index (χ2n) is 4.09. The van der Waals surface area contributed by atoms with Gasteiger partial charge in [-0.3, -0.25) is 9.36 Å². The molecular formula is C12H19N5. The highest BCUT2D eigenvalue weighted by Gasteiger charge is 2.17. The van der Waals surface area contributed by atoms with Crippen LogP contribution in [0.15, 0.2) is 18.3 Å². The van der Waals surface area contributed by atoms with Gasteiger partial charge in [-0.1, -0.05) is 6.92 Å². The maximum absolute atomic E-state index is 6.28. The van der Waals surface area contributed by atoms with Gasteiger partial charge in [0.15, 0.2) is 0 Å². The molecule has 5 heteroatoms. The molecule has 0 fully saturated rings. The molecule has 0 saturated carbocycles. The molecule has 0 spiro atoms. The molecule has 1 atom stereocenters. The van der Waals surface area contributed by atoms with Crippen LogP contribution in [0.5, 0.6) is 0 Å². The van der Waals surface area contributed by atoms with Gasteiger partial charge in [-0.15, -0.1) is 0 Å². The molecule has 0 radical (unpaired) electrons. The van der Waals surface area contributed by atoms with Gasteiger partial charge in [-0.05, 0) is 25.5 Å². The third-order valence-corrected chi connectivity index (χ3v) is 3.02. The molecule has 92 valence electrons. The van der Waals surface area contributed by atoms with E-state index in [9.17, 15) is 0 Å². The molecule has 0 amide bonds. The highest BCUT2D eigenvalue weighted by Crippen LogP contribution is 2.20. The lowest BCUT2D eigenvalue weighted by atomic mass is 10.1. The Morgan fingerprint density at radius 1 is 1.35 bits per heavy atom. The van der Waals surface area contributed by atoms with Crippen molar-refractivity contribution in [2.75, 3.05) is 0 Å². The molecule has 0 aromatic carbocycles. The summed E-state index contributed by atoms with van der Waals surface area (Å²) in [6.07, 6.45) is 2.70. The summed E-state index contributed by atoms with van der Waals surface area (Å²) in [5, 5.41) is 8.67. The quantitative estimate of drug-likeness (QED) is 0.864. The minimum absolute atomic E-state index is 0.171. The van der Waals surface area contributed by atoms with E-state index < -0.39 is 0 Å². The van der Waals surface area contributed by atoms with Crippen molar-refractivity contribution < 1.29 is 0 Å². The molecule has 0 aliphatic heterocycles. The number of rotatable bonds is 4. The summed E-state index contributed by atoms with van der Waals surface area (Å²) >= 11 is 0. The van der Waals surface area contributed by atoms with Crippen molar-refractivity contribution in [1.82, 2.24) is 19.6 Å². The minimum Gasteiger partial charge on any atom is -0.318 e. The number of hydrogen-bond acceptors (Lipinski definition) is 3. The van der Waals surface area contributed by atoms with E-state index in [4.69, 9.17) is 5.73 Å². The molecule has 2 aromatic rings. The summed E-state index contributed by atoms with van der Waals surface area (Å²) in [7, 11) is 1.91. The molecule has 0 aliphatic carbocycles. The number of aromatic nitrogens is 4. The van der Waals surface area contributed by atoms with E-state index in [1.54, 1.807) is 6.20 Å². The first-order valence-electron chi connectivity index (χ1n) is 5.97. The van der Waals surface area contributed by atoms with E-state index in [1.807, 2.05) is 22.5 Å². The predicted molar refractivity (Wildman–Crippen MR) is 66.5 cm³/mol. The molecule has 0 bridgehead atoms. The maximum atomic E-state index is 6.28. The van der Waals surface area contributed by atoms with Gasteiger partial charge >= 0.3 is 0 Å². The molecule has 0 saturated heterocycles. The van der Waals surface area contributed by atoms with E-state index in [1.165, 1.54) is 0 Å². The van der Waals surface area contributed by atoms with Gasteiger partial charge in [0.2, 0.25) is 0 Å². The molecule has 17 heavy (non-hydrogen) atoms. The van der Waals surface area contributed by atoms with Crippen LogP contribution < -0.4 is 5.73 Å². The predicted octanol–water partition coefficient (Wildman–Crippen LogP) is 1.25. The Hall–Kier alpha value is -1.62. The summed E-state index contributed by atoms with van der Waals surface area (Å²) in [6.45, 7) is 5.01. The fraction of sp³-hybridized carbons (Fsp3) is 0.500. The van der Waals surface area contributed by atoms with Crippen LogP contribution in [0, 0.1) is 0 Å². The van der Waals surface area contributed by atoms with Crippen LogP contribution in [0.4, 0.5) is 0 Å². The summed E-state index contributed by atoms with van der Waals surface area (Å²) < 4.78 is 3.78. The lowest BCUT2D eigenvalue weighted by Gasteiger charge is -2.13. The highest BCUT2D eigenvalue weighted by atomic mass is 15.3. The van der Waals surface area contributed by atoms with Gasteiger partial charge in [-0.25, -0.2) is 0 Å². The Morgan fingerprint density at radius 3 is 2.65 bits per heavy atom.